The highest BCUT2D eigenvalue weighted by Crippen LogP contribution is 2.29. The Morgan fingerprint density at radius 1 is 1.38 bits per heavy atom. The molecular formula is C13H10ClFN2O4. The Hall–Kier alpha value is -2.12. The number of nitrogens with zero attached hydrogens (tertiary/aromatic N) is 1. The van der Waals surface area contributed by atoms with E-state index >= 15 is 0 Å². The van der Waals surface area contributed by atoms with Crippen LogP contribution >= 0.6 is 11.6 Å². The summed E-state index contributed by atoms with van der Waals surface area (Å²) in [5, 5.41) is -0.121. The van der Waals surface area contributed by atoms with E-state index < -0.39 is 17.1 Å². The summed E-state index contributed by atoms with van der Waals surface area (Å²) >= 11 is 5.70. The second kappa shape index (κ2) is 5.34. The van der Waals surface area contributed by atoms with Gasteiger partial charge in [-0.3, -0.25) is 14.3 Å². The third kappa shape index (κ3) is 2.70. The first-order valence-corrected chi connectivity index (χ1v) is 6.43. The predicted molar refractivity (Wildman–Crippen MR) is 72.1 cm³/mol. The van der Waals surface area contributed by atoms with Crippen LogP contribution in [0.1, 0.15) is 11.1 Å². The van der Waals surface area contributed by atoms with E-state index in [0.29, 0.717) is 16.9 Å². The number of halogens is 2. The van der Waals surface area contributed by atoms with Crippen molar-refractivity contribution in [1.82, 2.24) is 9.55 Å². The Morgan fingerprint density at radius 3 is 3.00 bits per heavy atom. The molecule has 0 aliphatic carbocycles. The second-order valence-electron chi connectivity index (χ2n) is 4.53. The predicted octanol–water partition coefficient (Wildman–Crippen LogP) is 1.24. The van der Waals surface area contributed by atoms with Gasteiger partial charge in [0.2, 0.25) is 0 Å². The highest BCUT2D eigenvalue weighted by atomic mass is 35.5. The molecule has 21 heavy (non-hydrogen) atoms. The molecule has 1 aromatic carbocycles. The van der Waals surface area contributed by atoms with E-state index in [-0.39, 0.29) is 25.0 Å². The number of hydrogen-bond donors (Lipinski definition) is 1. The first kappa shape index (κ1) is 13.8. The number of benzene rings is 1. The second-order valence-corrected chi connectivity index (χ2v) is 4.94. The lowest BCUT2D eigenvalue weighted by atomic mass is 10.1. The zero-order chi connectivity index (χ0) is 15.0. The van der Waals surface area contributed by atoms with E-state index in [1.165, 1.54) is 22.9 Å². The molecule has 8 heteroatoms. The van der Waals surface area contributed by atoms with Gasteiger partial charge in [0.05, 0.1) is 13.2 Å². The van der Waals surface area contributed by atoms with Crippen LogP contribution in [-0.4, -0.2) is 16.3 Å². The number of nitrogens with one attached hydrogen (secondary N) is 1. The highest BCUT2D eigenvalue weighted by Gasteiger charge is 2.17. The maximum Gasteiger partial charge on any atom is 0.328 e. The standard InChI is InChI=1S/C13H10ClFN2O4/c14-10-4-17(13(19)16-12(10)18)3-7-1-9(15)2-8-5-20-6-21-11(7)8/h1-2,4H,3,5-6H2,(H,16,18,19). The van der Waals surface area contributed by atoms with Gasteiger partial charge in [0, 0.05) is 17.3 Å². The Morgan fingerprint density at radius 2 is 2.19 bits per heavy atom. The molecule has 0 atom stereocenters. The van der Waals surface area contributed by atoms with Gasteiger partial charge in [0.15, 0.2) is 6.79 Å². The lowest BCUT2D eigenvalue weighted by Crippen LogP contribution is -2.30. The maximum absolute atomic E-state index is 13.6. The van der Waals surface area contributed by atoms with Gasteiger partial charge in [0.1, 0.15) is 16.6 Å². The van der Waals surface area contributed by atoms with Crippen LogP contribution in [0.4, 0.5) is 4.39 Å². The average Bonchev–Trinajstić information content (AvgIpc) is 2.44. The zero-order valence-corrected chi connectivity index (χ0v) is 11.4. The molecule has 0 spiro atoms. The third-order valence-electron chi connectivity index (χ3n) is 3.06. The molecule has 1 N–H and O–H groups in total. The molecule has 1 aliphatic rings. The molecule has 2 aromatic rings. The van der Waals surface area contributed by atoms with E-state index in [2.05, 4.69) is 4.98 Å². The summed E-state index contributed by atoms with van der Waals surface area (Å²) in [4.78, 5) is 25.1. The van der Waals surface area contributed by atoms with Crippen molar-refractivity contribution in [1.29, 1.82) is 0 Å². The lowest BCUT2D eigenvalue weighted by molar-refractivity contribution is -0.0173. The topological polar surface area (TPSA) is 73.3 Å². The molecule has 0 bridgehead atoms. The van der Waals surface area contributed by atoms with Gasteiger partial charge < -0.3 is 9.47 Å². The summed E-state index contributed by atoms with van der Waals surface area (Å²) in [5.41, 5.74) is -0.253. The van der Waals surface area contributed by atoms with Crippen LogP contribution in [0, 0.1) is 5.82 Å². The quantitative estimate of drug-likeness (QED) is 0.905. The molecule has 110 valence electrons. The highest BCUT2D eigenvalue weighted by molar-refractivity contribution is 6.30. The zero-order valence-electron chi connectivity index (χ0n) is 10.7. The molecule has 2 heterocycles. The maximum atomic E-state index is 13.6. The molecular weight excluding hydrogens is 303 g/mol. The first-order valence-electron chi connectivity index (χ1n) is 6.05. The molecule has 1 aliphatic heterocycles. The summed E-state index contributed by atoms with van der Waals surface area (Å²) in [7, 11) is 0. The Balaban J connectivity index is 2.06. The van der Waals surface area contributed by atoms with Gasteiger partial charge in [-0.2, -0.15) is 0 Å². The minimum absolute atomic E-state index is 0.0232. The summed E-state index contributed by atoms with van der Waals surface area (Å²) in [6, 6.07) is 2.59. The molecule has 0 fully saturated rings. The molecule has 0 amide bonds. The molecule has 0 saturated heterocycles. The molecule has 0 radical (unpaired) electrons. The van der Waals surface area contributed by atoms with Gasteiger partial charge in [0.25, 0.3) is 5.56 Å². The van der Waals surface area contributed by atoms with Crippen LogP contribution in [0.2, 0.25) is 5.02 Å². The Kier molecular flexibility index (Phi) is 3.52. The van der Waals surface area contributed by atoms with Gasteiger partial charge in [-0.05, 0) is 12.1 Å². The number of aromatic nitrogens is 2. The van der Waals surface area contributed by atoms with E-state index in [4.69, 9.17) is 21.1 Å². The van der Waals surface area contributed by atoms with Gasteiger partial charge >= 0.3 is 5.69 Å². The number of rotatable bonds is 2. The van der Waals surface area contributed by atoms with Gasteiger partial charge in [-0.15, -0.1) is 0 Å². The lowest BCUT2D eigenvalue weighted by Gasteiger charge is -2.21. The van der Waals surface area contributed by atoms with Gasteiger partial charge in [-0.25, -0.2) is 9.18 Å². The van der Waals surface area contributed by atoms with Crippen LogP contribution in [0.15, 0.2) is 27.9 Å². The third-order valence-corrected chi connectivity index (χ3v) is 3.33. The monoisotopic (exact) mass is 312 g/mol. The smallest absolute Gasteiger partial charge is 0.328 e. The Bertz CT molecular complexity index is 815. The summed E-state index contributed by atoms with van der Waals surface area (Å²) < 4.78 is 25.3. The van der Waals surface area contributed by atoms with Crippen LogP contribution in [0.3, 0.4) is 0 Å². The van der Waals surface area contributed by atoms with Crippen LogP contribution < -0.4 is 16.0 Å². The fourth-order valence-corrected chi connectivity index (χ4v) is 2.32. The number of hydrogen-bond acceptors (Lipinski definition) is 4. The van der Waals surface area contributed by atoms with E-state index in [1.807, 2.05) is 0 Å². The van der Waals surface area contributed by atoms with Gasteiger partial charge in [-0.1, -0.05) is 11.6 Å². The van der Waals surface area contributed by atoms with E-state index in [0.717, 1.165) is 0 Å². The SMILES string of the molecule is O=c1[nH]c(=O)n(Cc2cc(F)cc3c2OCOC3)cc1Cl. The van der Waals surface area contributed by atoms with Crippen molar-refractivity contribution >= 4 is 11.6 Å². The molecule has 0 saturated carbocycles. The fourth-order valence-electron chi connectivity index (χ4n) is 2.16. The largest absolute Gasteiger partial charge is 0.467 e. The average molecular weight is 313 g/mol. The van der Waals surface area contributed by atoms with Crippen molar-refractivity contribution in [3.05, 3.63) is 61.1 Å². The summed E-state index contributed by atoms with van der Waals surface area (Å²) in [6.07, 6.45) is 1.21. The fraction of sp³-hybridized carbons (Fsp3) is 0.231. The van der Waals surface area contributed by atoms with Crippen molar-refractivity contribution in [3.8, 4) is 5.75 Å². The van der Waals surface area contributed by atoms with Crippen molar-refractivity contribution in [2.45, 2.75) is 13.2 Å². The van der Waals surface area contributed by atoms with Crippen molar-refractivity contribution < 1.29 is 13.9 Å². The molecule has 0 unspecified atom stereocenters. The number of H-pyrrole nitrogens is 1. The Labute approximate surface area is 122 Å². The summed E-state index contributed by atoms with van der Waals surface area (Å²) in [6.45, 7) is 0.323. The first-order chi connectivity index (χ1) is 10.0. The molecule has 3 rings (SSSR count). The number of fused-ring (bicyclic) bond motifs is 1. The number of ether oxygens (including phenoxy) is 2. The molecule has 1 aromatic heterocycles. The minimum atomic E-state index is -0.663. The number of aromatic amines is 1. The van der Waals surface area contributed by atoms with E-state index in [1.54, 1.807) is 0 Å². The van der Waals surface area contributed by atoms with Crippen molar-refractivity contribution in [2.24, 2.45) is 0 Å². The van der Waals surface area contributed by atoms with Crippen molar-refractivity contribution in [3.63, 3.8) is 0 Å². The van der Waals surface area contributed by atoms with Crippen LogP contribution in [0.25, 0.3) is 0 Å². The van der Waals surface area contributed by atoms with Crippen LogP contribution in [-0.2, 0) is 17.9 Å². The summed E-state index contributed by atoms with van der Waals surface area (Å²) in [5.74, 6) is 0.0262. The molecule has 6 nitrogen and oxygen atoms in total. The van der Waals surface area contributed by atoms with E-state index in [9.17, 15) is 14.0 Å². The normalized spacial score (nSPS) is 13.6. The minimum Gasteiger partial charge on any atom is -0.467 e. The van der Waals surface area contributed by atoms with Crippen LogP contribution in [0.5, 0.6) is 5.75 Å². The van der Waals surface area contributed by atoms with Crippen molar-refractivity contribution in [2.75, 3.05) is 6.79 Å².